The second-order valence-corrected chi connectivity index (χ2v) is 9.00. The lowest BCUT2D eigenvalue weighted by molar-refractivity contribution is 0.0651. The number of carbonyl (C=O) groups excluding carboxylic acids is 3. The maximum absolute atomic E-state index is 12.5. The monoisotopic (exact) mass is 440 g/mol. The van der Waals surface area contributed by atoms with Crippen LogP contribution in [0.5, 0.6) is 0 Å². The number of nitrogens with zero attached hydrogens (tertiary/aromatic N) is 2. The average molecular weight is 441 g/mol. The van der Waals surface area contributed by atoms with E-state index in [0.29, 0.717) is 23.4 Å². The van der Waals surface area contributed by atoms with Crippen LogP contribution in [0.1, 0.15) is 130 Å². The number of amides is 2. The second-order valence-electron chi connectivity index (χ2n) is 9.00. The van der Waals surface area contributed by atoms with Crippen LogP contribution in [0.15, 0.2) is 23.2 Å². The molecule has 5 nitrogen and oxygen atoms in total. The fraction of sp³-hybridized carbons (Fsp3) is 0.667. The molecule has 0 radical (unpaired) electrons. The van der Waals surface area contributed by atoms with Gasteiger partial charge in [0.25, 0.3) is 11.8 Å². The van der Waals surface area contributed by atoms with Gasteiger partial charge in [0.05, 0.1) is 16.8 Å². The van der Waals surface area contributed by atoms with Crippen molar-refractivity contribution in [2.75, 3.05) is 6.54 Å². The minimum atomic E-state index is -0.283. The van der Waals surface area contributed by atoms with E-state index in [-0.39, 0.29) is 11.8 Å². The van der Waals surface area contributed by atoms with Crippen molar-refractivity contribution in [2.24, 2.45) is 4.99 Å². The zero-order valence-electron chi connectivity index (χ0n) is 19.9. The van der Waals surface area contributed by atoms with Crippen LogP contribution in [0.3, 0.4) is 0 Å². The fourth-order valence-electron chi connectivity index (χ4n) is 4.42. The predicted octanol–water partition coefficient (Wildman–Crippen LogP) is 7.51. The average Bonchev–Trinajstić information content (AvgIpc) is 3.03. The molecule has 1 aliphatic heterocycles. The van der Waals surface area contributed by atoms with Gasteiger partial charge in [-0.1, -0.05) is 103 Å². The highest BCUT2D eigenvalue weighted by Crippen LogP contribution is 2.27. The number of benzene rings is 1. The first-order valence-corrected chi connectivity index (χ1v) is 12.8. The van der Waals surface area contributed by atoms with Gasteiger partial charge in [-0.2, -0.15) is 4.99 Å². The van der Waals surface area contributed by atoms with Gasteiger partial charge in [0.2, 0.25) is 6.08 Å². The number of hydrogen-bond acceptors (Lipinski definition) is 4. The molecule has 0 saturated carbocycles. The molecule has 0 aromatic heterocycles. The molecule has 0 aliphatic carbocycles. The molecular weight excluding hydrogens is 400 g/mol. The van der Waals surface area contributed by atoms with E-state index in [2.05, 4.69) is 11.9 Å². The van der Waals surface area contributed by atoms with Crippen molar-refractivity contribution in [3.05, 3.63) is 29.3 Å². The topological polar surface area (TPSA) is 66.8 Å². The van der Waals surface area contributed by atoms with Crippen molar-refractivity contribution >= 4 is 23.6 Å². The minimum absolute atomic E-state index is 0.243. The van der Waals surface area contributed by atoms with Crippen LogP contribution in [0.4, 0.5) is 5.69 Å². The highest BCUT2D eigenvalue weighted by Gasteiger charge is 2.35. The van der Waals surface area contributed by atoms with Crippen molar-refractivity contribution in [2.45, 2.75) is 110 Å². The first kappa shape index (κ1) is 26.0. The quantitative estimate of drug-likeness (QED) is 0.103. The molecule has 0 unspecified atom stereocenters. The lowest BCUT2D eigenvalue weighted by Crippen LogP contribution is -2.30. The number of isocyanates is 1. The number of aliphatic imine (C=N–C) groups is 1. The Morgan fingerprint density at radius 2 is 1.16 bits per heavy atom. The molecule has 176 valence electrons. The van der Waals surface area contributed by atoms with Gasteiger partial charge in [-0.3, -0.25) is 14.5 Å². The summed E-state index contributed by atoms with van der Waals surface area (Å²) in [5, 5.41) is 0. The third kappa shape index (κ3) is 8.70. The molecule has 0 N–H and O–H groups in total. The molecular formula is C27H40N2O3. The zero-order valence-corrected chi connectivity index (χ0v) is 19.9. The molecule has 0 atom stereocenters. The Balaban J connectivity index is 1.47. The summed E-state index contributed by atoms with van der Waals surface area (Å²) in [6, 6.07) is 4.63. The number of unbranched alkanes of at least 4 members (excludes halogenated alkanes) is 15. The molecule has 1 aliphatic rings. The maximum atomic E-state index is 12.5. The first-order chi connectivity index (χ1) is 15.7. The largest absolute Gasteiger partial charge is 0.274 e. The van der Waals surface area contributed by atoms with E-state index in [1.165, 1.54) is 101 Å². The van der Waals surface area contributed by atoms with Crippen LogP contribution in [-0.2, 0) is 4.79 Å². The Hall–Kier alpha value is -2.26. The number of fused-ring (bicyclic) bond motifs is 1. The molecule has 1 aromatic rings. The van der Waals surface area contributed by atoms with Crippen molar-refractivity contribution in [3.8, 4) is 0 Å². The maximum Gasteiger partial charge on any atom is 0.261 e. The lowest BCUT2D eigenvalue weighted by Gasteiger charge is -2.13. The Labute approximate surface area is 193 Å². The number of rotatable bonds is 18. The molecule has 0 saturated heterocycles. The molecule has 2 amide bonds. The number of imide groups is 1. The van der Waals surface area contributed by atoms with Crippen LogP contribution in [0, 0.1) is 0 Å². The van der Waals surface area contributed by atoms with Crippen molar-refractivity contribution in [1.29, 1.82) is 0 Å². The molecule has 0 bridgehead atoms. The van der Waals surface area contributed by atoms with Gasteiger partial charge in [-0.05, 0) is 24.6 Å². The predicted molar refractivity (Wildman–Crippen MR) is 129 cm³/mol. The third-order valence-electron chi connectivity index (χ3n) is 6.36. The van der Waals surface area contributed by atoms with E-state index in [0.717, 1.165) is 19.3 Å². The first-order valence-electron chi connectivity index (χ1n) is 12.8. The molecule has 32 heavy (non-hydrogen) atoms. The highest BCUT2D eigenvalue weighted by atomic mass is 16.2. The summed E-state index contributed by atoms with van der Waals surface area (Å²) in [5.74, 6) is -0.526. The minimum Gasteiger partial charge on any atom is -0.274 e. The Bertz CT molecular complexity index is 768. The standard InChI is InChI=1S/C27H40N2O3/c1-2-3-4-5-6-7-8-9-10-11-12-13-14-15-16-17-20-29-26(31)24-19-18-23(28-22-30)21-25(24)27(29)32/h18-19,21H,2-17,20H2,1H3. The summed E-state index contributed by atoms with van der Waals surface area (Å²) in [5.41, 5.74) is 1.09. The van der Waals surface area contributed by atoms with E-state index >= 15 is 0 Å². The molecule has 0 fully saturated rings. The van der Waals surface area contributed by atoms with Crippen LogP contribution in [0.2, 0.25) is 0 Å². The van der Waals surface area contributed by atoms with Gasteiger partial charge < -0.3 is 0 Å². The van der Waals surface area contributed by atoms with Gasteiger partial charge in [0.1, 0.15) is 0 Å². The van der Waals surface area contributed by atoms with Crippen LogP contribution in [-0.4, -0.2) is 29.3 Å². The molecule has 2 rings (SSSR count). The summed E-state index contributed by atoms with van der Waals surface area (Å²) < 4.78 is 0. The van der Waals surface area contributed by atoms with Gasteiger partial charge in [-0.25, -0.2) is 4.79 Å². The van der Waals surface area contributed by atoms with Gasteiger partial charge in [-0.15, -0.1) is 0 Å². The van der Waals surface area contributed by atoms with Crippen molar-refractivity contribution < 1.29 is 14.4 Å². The fourth-order valence-corrected chi connectivity index (χ4v) is 4.42. The van der Waals surface area contributed by atoms with Gasteiger partial charge >= 0.3 is 0 Å². The lowest BCUT2D eigenvalue weighted by atomic mass is 10.0. The third-order valence-corrected chi connectivity index (χ3v) is 6.36. The summed E-state index contributed by atoms with van der Waals surface area (Å²) in [7, 11) is 0. The number of carbonyl (C=O) groups is 2. The summed E-state index contributed by atoms with van der Waals surface area (Å²) >= 11 is 0. The molecule has 1 heterocycles. The Kier molecular flexibility index (Phi) is 12.6. The van der Waals surface area contributed by atoms with Crippen LogP contribution < -0.4 is 0 Å². The molecule has 5 heteroatoms. The van der Waals surface area contributed by atoms with Crippen molar-refractivity contribution in [1.82, 2.24) is 4.90 Å². The van der Waals surface area contributed by atoms with E-state index < -0.39 is 0 Å². The van der Waals surface area contributed by atoms with Crippen molar-refractivity contribution in [3.63, 3.8) is 0 Å². The highest BCUT2D eigenvalue weighted by molar-refractivity contribution is 6.21. The van der Waals surface area contributed by atoms with E-state index in [9.17, 15) is 14.4 Å². The second kappa shape index (κ2) is 15.5. The van der Waals surface area contributed by atoms with E-state index in [4.69, 9.17) is 0 Å². The van der Waals surface area contributed by atoms with Crippen LogP contribution in [0.25, 0.3) is 0 Å². The molecule has 0 spiro atoms. The van der Waals surface area contributed by atoms with Gasteiger partial charge in [0.15, 0.2) is 0 Å². The SMILES string of the molecule is CCCCCCCCCCCCCCCCCCN1C(=O)c2ccc(N=C=O)cc2C1=O. The van der Waals surface area contributed by atoms with E-state index in [1.807, 2.05) is 0 Å². The summed E-state index contributed by atoms with van der Waals surface area (Å²) in [4.78, 5) is 40.2. The Morgan fingerprint density at radius 3 is 1.66 bits per heavy atom. The Morgan fingerprint density at radius 1 is 0.688 bits per heavy atom. The molecule has 1 aromatic carbocycles. The summed E-state index contributed by atoms with van der Waals surface area (Å²) in [6.45, 7) is 2.72. The van der Waals surface area contributed by atoms with E-state index in [1.54, 1.807) is 12.1 Å². The zero-order chi connectivity index (χ0) is 23.0. The normalized spacial score (nSPS) is 12.8. The summed E-state index contributed by atoms with van der Waals surface area (Å²) in [6.07, 6.45) is 22.2. The van der Waals surface area contributed by atoms with Gasteiger partial charge in [0, 0.05) is 6.54 Å². The van der Waals surface area contributed by atoms with Crippen LogP contribution >= 0.6 is 0 Å². The smallest absolute Gasteiger partial charge is 0.261 e. The number of hydrogen-bond donors (Lipinski definition) is 0.